The van der Waals surface area contributed by atoms with Crippen molar-refractivity contribution in [1.29, 1.82) is 0 Å². The second kappa shape index (κ2) is 9.95. The topological polar surface area (TPSA) is 9.23 Å². The molecule has 0 aliphatic rings. The zero-order valence-electron chi connectivity index (χ0n) is 10.1. The van der Waals surface area contributed by atoms with Crippen molar-refractivity contribution in [3.63, 3.8) is 0 Å². The van der Waals surface area contributed by atoms with Gasteiger partial charge in [0, 0.05) is 9.80 Å². The predicted octanol–water partition coefficient (Wildman–Crippen LogP) is 5.56. The van der Waals surface area contributed by atoms with E-state index >= 15 is 0 Å². The Balaban J connectivity index is 1.95. The van der Waals surface area contributed by atoms with Crippen LogP contribution in [0.1, 0.15) is 38.5 Å². The first kappa shape index (κ1) is 15.0. The van der Waals surface area contributed by atoms with E-state index in [1.54, 1.807) is 0 Å². The van der Waals surface area contributed by atoms with Gasteiger partial charge in [0.2, 0.25) is 0 Å². The van der Waals surface area contributed by atoms with Crippen molar-refractivity contribution in [2.24, 2.45) is 0 Å². The Morgan fingerprint density at radius 2 is 1.41 bits per heavy atom. The molecule has 0 heterocycles. The summed E-state index contributed by atoms with van der Waals surface area (Å²) in [6, 6.07) is 8.02. The lowest BCUT2D eigenvalue weighted by Crippen LogP contribution is -1.97. The van der Waals surface area contributed by atoms with Gasteiger partial charge >= 0.3 is 0 Å². The number of hydrogen-bond donors (Lipinski definition) is 0. The summed E-state index contributed by atoms with van der Waals surface area (Å²) in [6.07, 6.45) is 7.76. The number of benzene rings is 1. The quantitative estimate of drug-likeness (QED) is 0.412. The van der Waals surface area contributed by atoms with Gasteiger partial charge in [-0.3, -0.25) is 0 Å². The molecule has 0 fully saturated rings. The third-order valence-corrected chi connectivity index (χ3v) is 3.70. The number of rotatable bonds is 9. The Hall–Kier alpha value is -0.0200. The van der Waals surface area contributed by atoms with Crippen LogP contribution >= 0.6 is 31.9 Å². The maximum absolute atomic E-state index is 5.66. The summed E-state index contributed by atoms with van der Waals surface area (Å²) in [5.74, 6) is 0.965. The molecule has 0 saturated heterocycles. The molecule has 1 aromatic rings. The van der Waals surface area contributed by atoms with Gasteiger partial charge in [-0.15, -0.1) is 0 Å². The maximum Gasteiger partial charge on any atom is 0.119 e. The van der Waals surface area contributed by atoms with Crippen LogP contribution < -0.4 is 4.74 Å². The van der Waals surface area contributed by atoms with Crippen LogP contribution in [-0.4, -0.2) is 11.9 Å². The zero-order valence-corrected chi connectivity index (χ0v) is 13.3. The fourth-order valence-corrected chi connectivity index (χ4v) is 2.29. The van der Waals surface area contributed by atoms with E-state index in [2.05, 4.69) is 31.9 Å². The van der Waals surface area contributed by atoms with Gasteiger partial charge in [-0.25, -0.2) is 0 Å². The van der Waals surface area contributed by atoms with E-state index < -0.39 is 0 Å². The van der Waals surface area contributed by atoms with Crippen molar-refractivity contribution in [3.8, 4) is 5.75 Å². The molecular weight excluding hydrogens is 344 g/mol. The lowest BCUT2D eigenvalue weighted by Gasteiger charge is -2.06. The van der Waals surface area contributed by atoms with Gasteiger partial charge in [0.05, 0.1) is 6.61 Å². The van der Waals surface area contributed by atoms with Crippen molar-refractivity contribution in [2.45, 2.75) is 38.5 Å². The Bertz CT molecular complexity index is 285. The highest BCUT2D eigenvalue weighted by atomic mass is 79.9. The van der Waals surface area contributed by atoms with E-state index in [0.29, 0.717) is 0 Å². The zero-order chi connectivity index (χ0) is 12.3. The third kappa shape index (κ3) is 7.82. The van der Waals surface area contributed by atoms with Gasteiger partial charge in [-0.1, -0.05) is 57.5 Å². The minimum absolute atomic E-state index is 0.833. The molecule has 17 heavy (non-hydrogen) atoms. The summed E-state index contributed by atoms with van der Waals surface area (Å²) < 4.78 is 6.75. The smallest absolute Gasteiger partial charge is 0.119 e. The Morgan fingerprint density at radius 1 is 0.824 bits per heavy atom. The highest BCUT2D eigenvalue weighted by Crippen LogP contribution is 2.16. The van der Waals surface area contributed by atoms with Crippen LogP contribution in [0.3, 0.4) is 0 Å². The molecule has 0 atom stereocenters. The normalized spacial score (nSPS) is 10.5. The minimum atomic E-state index is 0.833. The standard InChI is InChI=1S/C14H20Br2O/c15-11-5-3-1-2-4-6-12-17-14-9-7-13(16)8-10-14/h7-10H,1-6,11-12H2. The largest absolute Gasteiger partial charge is 0.494 e. The number of halogens is 2. The van der Waals surface area contributed by atoms with E-state index in [-0.39, 0.29) is 0 Å². The molecule has 0 bridgehead atoms. The van der Waals surface area contributed by atoms with E-state index in [9.17, 15) is 0 Å². The number of unbranched alkanes of at least 4 members (excludes halogenated alkanes) is 5. The monoisotopic (exact) mass is 362 g/mol. The molecule has 0 aliphatic heterocycles. The fraction of sp³-hybridized carbons (Fsp3) is 0.571. The molecule has 0 unspecified atom stereocenters. The van der Waals surface area contributed by atoms with Crippen LogP contribution in [0, 0.1) is 0 Å². The molecule has 0 aromatic heterocycles. The molecule has 3 heteroatoms. The van der Waals surface area contributed by atoms with Crippen LogP contribution in [0.15, 0.2) is 28.7 Å². The summed E-state index contributed by atoms with van der Waals surface area (Å²) in [5.41, 5.74) is 0. The summed E-state index contributed by atoms with van der Waals surface area (Å²) in [5, 5.41) is 1.14. The molecular formula is C14H20Br2O. The minimum Gasteiger partial charge on any atom is -0.494 e. The van der Waals surface area contributed by atoms with E-state index in [1.165, 1.54) is 32.1 Å². The molecule has 0 N–H and O–H groups in total. The van der Waals surface area contributed by atoms with Gasteiger partial charge < -0.3 is 4.74 Å². The summed E-state index contributed by atoms with van der Waals surface area (Å²) in [4.78, 5) is 0. The van der Waals surface area contributed by atoms with Crippen molar-refractivity contribution < 1.29 is 4.74 Å². The summed E-state index contributed by atoms with van der Waals surface area (Å²) in [6.45, 7) is 0.833. The molecule has 1 nitrogen and oxygen atoms in total. The highest BCUT2D eigenvalue weighted by molar-refractivity contribution is 9.10. The van der Waals surface area contributed by atoms with Crippen LogP contribution in [-0.2, 0) is 0 Å². The van der Waals surface area contributed by atoms with Crippen molar-refractivity contribution in [2.75, 3.05) is 11.9 Å². The fourth-order valence-electron chi connectivity index (χ4n) is 1.62. The maximum atomic E-state index is 5.66. The Labute approximate surface area is 121 Å². The summed E-state index contributed by atoms with van der Waals surface area (Å²) in [7, 11) is 0. The van der Waals surface area contributed by atoms with Gasteiger partial charge in [0.1, 0.15) is 5.75 Å². The molecule has 0 amide bonds. The SMILES string of the molecule is BrCCCCCCCCOc1ccc(Br)cc1. The van der Waals surface area contributed by atoms with Crippen molar-refractivity contribution >= 4 is 31.9 Å². The number of alkyl halides is 1. The Kier molecular flexibility index (Phi) is 8.81. The molecule has 1 rings (SSSR count). The van der Waals surface area contributed by atoms with Crippen LogP contribution in [0.4, 0.5) is 0 Å². The molecule has 0 spiro atoms. The lowest BCUT2D eigenvalue weighted by atomic mass is 10.1. The second-order valence-corrected chi connectivity index (χ2v) is 5.82. The van der Waals surface area contributed by atoms with Crippen LogP contribution in [0.5, 0.6) is 5.75 Å². The predicted molar refractivity (Wildman–Crippen MR) is 81.1 cm³/mol. The van der Waals surface area contributed by atoms with Gasteiger partial charge in [-0.2, -0.15) is 0 Å². The number of hydrogen-bond acceptors (Lipinski definition) is 1. The van der Waals surface area contributed by atoms with Gasteiger partial charge in [0.25, 0.3) is 0 Å². The first-order valence-electron chi connectivity index (χ1n) is 6.27. The molecule has 96 valence electrons. The lowest BCUT2D eigenvalue weighted by molar-refractivity contribution is 0.304. The summed E-state index contributed by atoms with van der Waals surface area (Å²) >= 11 is 6.86. The third-order valence-electron chi connectivity index (χ3n) is 2.61. The van der Waals surface area contributed by atoms with Gasteiger partial charge in [0.15, 0.2) is 0 Å². The van der Waals surface area contributed by atoms with E-state index in [4.69, 9.17) is 4.74 Å². The van der Waals surface area contributed by atoms with E-state index in [1.807, 2.05) is 24.3 Å². The molecule has 0 saturated carbocycles. The van der Waals surface area contributed by atoms with Crippen LogP contribution in [0.25, 0.3) is 0 Å². The number of ether oxygens (including phenoxy) is 1. The highest BCUT2D eigenvalue weighted by Gasteiger charge is 1.94. The molecule has 1 aromatic carbocycles. The first-order valence-corrected chi connectivity index (χ1v) is 8.18. The average Bonchev–Trinajstić information content (AvgIpc) is 2.35. The van der Waals surface area contributed by atoms with Gasteiger partial charge in [-0.05, 0) is 37.1 Å². The Morgan fingerprint density at radius 3 is 2.06 bits per heavy atom. The second-order valence-electron chi connectivity index (χ2n) is 4.11. The first-order chi connectivity index (χ1) is 8.33. The van der Waals surface area contributed by atoms with Crippen molar-refractivity contribution in [1.82, 2.24) is 0 Å². The molecule has 0 aliphatic carbocycles. The van der Waals surface area contributed by atoms with Crippen molar-refractivity contribution in [3.05, 3.63) is 28.7 Å². The van der Waals surface area contributed by atoms with E-state index in [0.717, 1.165) is 28.6 Å². The molecule has 0 radical (unpaired) electrons. The average molecular weight is 364 g/mol. The van der Waals surface area contributed by atoms with Crippen LogP contribution in [0.2, 0.25) is 0 Å².